The third-order valence-corrected chi connectivity index (χ3v) is 5.14. The predicted octanol–water partition coefficient (Wildman–Crippen LogP) is 0.493. The smallest absolute Gasteiger partial charge is 0.148 e. The average molecular weight is 260 g/mol. The van der Waals surface area contributed by atoms with E-state index in [2.05, 4.69) is 24.1 Å². The van der Waals surface area contributed by atoms with Gasteiger partial charge in [-0.2, -0.15) is 0 Å². The van der Waals surface area contributed by atoms with Gasteiger partial charge in [0.2, 0.25) is 0 Å². The molecule has 1 aliphatic heterocycles. The summed E-state index contributed by atoms with van der Waals surface area (Å²) in [5.74, 6) is 1.03. The van der Waals surface area contributed by atoms with Crippen LogP contribution in [0.15, 0.2) is 0 Å². The Balaban J connectivity index is 2.03. The fraction of sp³-hybridized carbons (Fsp3) is 1.00. The van der Waals surface area contributed by atoms with E-state index >= 15 is 0 Å². The van der Waals surface area contributed by atoms with Gasteiger partial charge >= 0.3 is 0 Å². The van der Waals surface area contributed by atoms with Crippen LogP contribution in [0.25, 0.3) is 0 Å². The highest BCUT2D eigenvalue weighted by atomic mass is 32.2. The molecule has 2 rings (SSSR count). The predicted molar refractivity (Wildman–Crippen MR) is 69.9 cm³/mol. The second kappa shape index (κ2) is 4.52. The van der Waals surface area contributed by atoms with E-state index in [1.165, 1.54) is 19.1 Å². The van der Waals surface area contributed by atoms with E-state index in [9.17, 15) is 8.42 Å². The summed E-state index contributed by atoms with van der Waals surface area (Å²) in [6, 6.07) is 0.460. The van der Waals surface area contributed by atoms with Crippen molar-refractivity contribution in [3.05, 3.63) is 0 Å². The molecule has 1 N–H and O–H groups in total. The van der Waals surface area contributed by atoms with Gasteiger partial charge < -0.3 is 5.32 Å². The number of piperazine rings is 1. The van der Waals surface area contributed by atoms with Crippen molar-refractivity contribution in [2.75, 3.05) is 31.6 Å². The quantitative estimate of drug-likeness (QED) is 0.799. The molecule has 0 bridgehead atoms. The molecule has 4 nitrogen and oxygen atoms in total. The van der Waals surface area contributed by atoms with Crippen LogP contribution in [0.4, 0.5) is 0 Å². The van der Waals surface area contributed by atoms with Crippen molar-refractivity contribution in [2.45, 2.75) is 38.3 Å². The maximum atomic E-state index is 11.3. The molecule has 0 amide bonds. The third kappa shape index (κ3) is 3.20. The first-order chi connectivity index (χ1) is 7.81. The summed E-state index contributed by atoms with van der Waals surface area (Å²) in [5, 5.41) is 3.53. The molecule has 1 aliphatic carbocycles. The molecule has 0 aromatic heterocycles. The SMILES string of the molecule is CC1CN(CCS(C)(=O)=O)C(C)(C2CC2)CN1. The first-order valence-corrected chi connectivity index (χ1v) is 8.53. The van der Waals surface area contributed by atoms with E-state index in [0.29, 0.717) is 12.6 Å². The monoisotopic (exact) mass is 260 g/mol. The number of hydrogen-bond acceptors (Lipinski definition) is 4. The van der Waals surface area contributed by atoms with Crippen LogP contribution in [0.5, 0.6) is 0 Å². The molecule has 0 aromatic carbocycles. The Morgan fingerprint density at radius 3 is 2.59 bits per heavy atom. The van der Waals surface area contributed by atoms with Crippen LogP contribution in [0.3, 0.4) is 0 Å². The number of nitrogens with zero attached hydrogens (tertiary/aromatic N) is 1. The molecule has 17 heavy (non-hydrogen) atoms. The van der Waals surface area contributed by atoms with Crippen LogP contribution in [-0.4, -0.2) is 56.5 Å². The zero-order valence-corrected chi connectivity index (χ0v) is 11.9. The van der Waals surface area contributed by atoms with Gasteiger partial charge in [-0.25, -0.2) is 8.42 Å². The fourth-order valence-electron chi connectivity index (χ4n) is 2.83. The standard InChI is InChI=1S/C12H24N2O2S/c1-10-8-14(6-7-17(3,15)16)12(2,9-13-10)11-4-5-11/h10-11,13H,4-9H2,1-3H3. The summed E-state index contributed by atoms with van der Waals surface area (Å²) in [6.45, 7) is 7.08. The second-order valence-corrected chi connectivity index (χ2v) is 8.25. The Labute approximate surface area is 105 Å². The largest absolute Gasteiger partial charge is 0.311 e. The highest BCUT2D eigenvalue weighted by molar-refractivity contribution is 7.90. The van der Waals surface area contributed by atoms with Crippen molar-refractivity contribution in [1.29, 1.82) is 0 Å². The average Bonchev–Trinajstić information content (AvgIpc) is 3.02. The van der Waals surface area contributed by atoms with Crippen LogP contribution in [0.1, 0.15) is 26.7 Å². The highest BCUT2D eigenvalue weighted by Gasteiger charge is 2.47. The maximum Gasteiger partial charge on any atom is 0.148 e. The molecule has 2 aliphatic rings. The third-order valence-electron chi connectivity index (χ3n) is 4.21. The second-order valence-electron chi connectivity index (χ2n) is 5.99. The van der Waals surface area contributed by atoms with Crippen LogP contribution >= 0.6 is 0 Å². The zero-order chi connectivity index (χ0) is 12.7. The molecular weight excluding hydrogens is 236 g/mol. The Morgan fingerprint density at radius 1 is 1.41 bits per heavy atom. The Morgan fingerprint density at radius 2 is 2.06 bits per heavy atom. The first-order valence-electron chi connectivity index (χ1n) is 6.47. The highest BCUT2D eigenvalue weighted by Crippen LogP contribution is 2.43. The molecule has 2 fully saturated rings. The lowest BCUT2D eigenvalue weighted by atomic mass is 9.90. The van der Waals surface area contributed by atoms with Crippen molar-refractivity contribution in [1.82, 2.24) is 10.2 Å². The van der Waals surface area contributed by atoms with Gasteiger partial charge in [-0.05, 0) is 32.6 Å². The van der Waals surface area contributed by atoms with Crippen LogP contribution in [0, 0.1) is 5.92 Å². The van der Waals surface area contributed by atoms with Gasteiger partial charge in [0.1, 0.15) is 9.84 Å². The van der Waals surface area contributed by atoms with Gasteiger partial charge in [0.25, 0.3) is 0 Å². The minimum absolute atomic E-state index is 0.164. The summed E-state index contributed by atoms with van der Waals surface area (Å²) in [4.78, 5) is 2.40. The molecule has 0 spiro atoms. The van der Waals surface area contributed by atoms with Crippen LogP contribution < -0.4 is 5.32 Å². The first kappa shape index (κ1) is 13.3. The Hall–Kier alpha value is -0.130. The molecule has 0 radical (unpaired) electrons. The van der Waals surface area contributed by atoms with E-state index in [1.54, 1.807) is 0 Å². The summed E-state index contributed by atoms with van der Waals surface area (Å²) < 4.78 is 22.6. The lowest BCUT2D eigenvalue weighted by Gasteiger charge is -2.48. The molecule has 2 unspecified atom stereocenters. The number of hydrogen-bond donors (Lipinski definition) is 1. The number of rotatable bonds is 4. The lowest BCUT2D eigenvalue weighted by Crippen LogP contribution is -2.64. The zero-order valence-electron chi connectivity index (χ0n) is 11.1. The van der Waals surface area contributed by atoms with Crippen molar-refractivity contribution in [2.24, 2.45) is 5.92 Å². The summed E-state index contributed by atoms with van der Waals surface area (Å²) in [6.07, 6.45) is 3.91. The molecule has 1 saturated carbocycles. The minimum Gasteiger partial charge on any atom is -0.311 e. The molecule has 5 heteroatoms. The van der Waals surface area contributed by atoms with E-state index < -0.39 is 9.84 Å². The summed E-state index contributed by atoms with van der Waals surface area (Å²) in [7, 11) is -2.86. The van der Waals surface area contributed by atoms with Gasteiger partial charge in [-0.3, -0.25) is 4.90 Å². The summed E-state index contributed by atoms with van der Waals surface area (Å²) in [5.41, 5.74) is 0.164. The van der Waals surface area contributed by atoms with Crippen molar-refractivity contribution in [3.8, 4) is 0 Å². The molecule has 1 heterocycles. The van der Waals surface area contributed by atoms with Crippen molar-refractivity contribution >= 4 is 9.84 Å². The fourth-order valence-corrected chi connectivity index (χ4v) is 3.38. The Kier molecular flexibility index (Phi) is 3.54. The maximum absolute atomic E-state index is 11.3. The van der Waals surface area contributed by atoms with E-state index in [0.717, 1.165) is 19.0 Å². The van der Waals surface area contributed by atoms with E-state index in [4.69, 9.17) is 0 Å². The van der Waals surface area contributed by atoms with Crippen molar-refractivity contribution < 1.29 is 8.42 Å². The van der Waals surface area contributed by atoms with Crippen LogP contribution in [0.2, 0.25) is 0 Å². The molecule has 100 valence electrons. The normalized spacial score (nSPS) is 36.1. The van der Waals surface area contributed by atoms with Crippen LogP contribution in [-0.2, 0) is 9.84 Å². The minimum atomic E-state index is -2.86. The van der Waals surface area contributed by atoms with Gasteiger partial charge in [0.15, 0.2) is 0 Å². The molecule has 2 atom stereocenters. The van der Waals surface area contributed by atoms with Gasteiger partial charge in [-0.15, -0.1) is 0 Å². The van der Waals surface area contributed by atoms with E-state index in [-0.39, 0.29) is 11.3 Å². The lowest BCUT2D eigenvalue weighted by molar-refractivity contribution is 0.0442. The molecular formula is C12H24N2O2S. The topological polar surface area (TPSA) is 49.4 Å². The van der Waals surface area contributed by atoms with Gasteiger partial charge in [0.05, 0.1) is 5.75 Å². The molecule has 0 aromatic rings. The van der Waals surface area contributed by atoms with E-state index in [1.807, 2.05) is 0 Å². The van der Waals surface area contributed by atoms with Crippen molar-refractivity contribution in [3.63, 3.8) is 0 Å². The van der Waals surface area contributed by atoms with Gasteiger partial charge in [-0.1, -0.05) is 0 Å². The Bertz CT molecular complexity index is 378. The molecule has 1 saturated heterocycles. The summed E-state index contributed by atoms with van der Waals surface area (Å²) >= 11 is 0. The number of sulfone groups is 1. The number of nitrogens with one attached hydrogen (secondary N) is 1. The van der Waals surface area contributed by atoms with Gasteiger partial charge in [0, 0.05) is 37.5 Å².